The molecule has 0 fully saturated rings. The summed E-state index contributed by atoms with van der Waals surface area (Å²) in [6.07, 6.45) is 0. The quantitative estimate of drug-likeness (QED) is 0.472. The van der Waals surface area contributed by atoms with Crippen molar-refractivity contribution < 1.29 is 23.2 Å². The Labute approximate surface area is 116 Å². The van der Waals surface area contributed by atoms with Gasteiger partial charge in [-0.05, 0) is 14.7 Å². The molecular formula is C7H7ClMgO5P2+2. The van der Waals surface area contributed by atoms with Gasteiger partial charge in [-0.15, -0.1) is 11.6 Å². The molecule has 9 heteroatoms. The van der Waals surface area contributed by atoms with Gasteiger partial charge >= 0.3 is 39.6 Å². The molecule has 0 heterocycles. The van der Waals surface area contributed by atoms with Gasteiger partial charge in [-0.2, -0.15) is 0 Å². The third-order valence-corrected chi connectivity index (χ3v) is 2.51. The number of benzene rings is 1. The summed E-state index contributed by atoms with van der Waals surface area (Å²) in [5.41, 5.74) is 1.18. The van der Waals surface area contributed by atoms with Crippen molar-refractivity contribution in [3.63, 3.8) is 0 Å². The topological polar surface area (TPSA) is 89.5 Å². The summed E-state index contributed by atoms with van der Waals surface area (Å²) in [6.45, 7) is 0. The van der Waals surface area contributed by atoms with Gasteiger partial charge in [0.05, 0.1) is 0 Å². The zero-order chi connectivity index (χ0) is 11.7. The molecule has 1 aromatic carbocycles. The van der Waals surface area contributed by atoms with E-state index < -0.39 is 16.5 Å². The largest absolute Gasteiger partial charge is 2.00 e. The second-order valence-corrected chi connectivity index (χ2v) is 3.96. The van der Waals surface area contributed by atoms with Gasteiger partial charge in [0.2, 0.25) is 0 Å². The van der Waals surface area contributed by atoms with E-state index >= 15 is 0 Å². The van der Waals surface area contributed by atoms with Crippen LogP contribution in [0.4, 0.5) is 0 Å². The fourth-order valence-corrected chi connectivity index (χ4v) is 1.24. The molecule has 0 saturated heterocycles. The summed E-state index contributed by atoms with van der Waals surface area (Å²) in [5, 5.41) is 0. The average molecular weight is 293 g/mol. The minimum absolute atomic E-state index is 0. The van der Waals surface area contributed by atoms with Crippen molar-refractivity contribution in [2.75, 3.05) is 0 Å². The van der Waals surface area contributed by atoms with Crippen LogP contribution in [-0.4, -0.2) is 23.1 Å². The second-order valence-electron chi connectivity index (χ2n) is 2.15. The van der Waals surface area contributed by atoms with Crippen molar-refractivity contribution in [3.05, 3.63) is 35.9 Å². The minimum Gasteiger partial charge on any atom is -0.563 e. The van der Waals surface area contributed by atoms with Crippen molar-refractivity contribution in [1.82, 2.24) is 0 Å². The number of alkyl halides is 1. The predicted molar refractivity (Wildman–Crippen MR) is 58.1 cm³/mol. The molecule has 1 rings (SSSR count). The van der Waals surface area contributed by atoms with Crippen molar-refractivity contribution in [3.8, 4) is 0 Å². The molecule has 0 aliphatic heterocycles. The normalized spacial score (nSPS) is 10.4. The Bertz CT molecular complexity index is 312. The van der Waals surface area contributed by atoms with Crippen molar-refractivity contribution in [2.24, 2.45) is 0 Å². The van der Waals surface area contributed by atoms with E-state index in [-0.39, 0.29) is 23.1 Å². The number of hydrogen-bond donors (Lipinski definition) is 0. The average Bonchev–Trinajstić information content (AvgIpc) is 2.18. The van der Waals surface area contributed by atoms with Crippen LogP contribution in [0, 0.1) is 0 Å². The van der Waals surface area contributed by atoms with Crippen LogP contribution < -0.4 is 9.79 Å². The third kappa shape index (κ3) is 12.4. The maximum atomic E-state index is 9.24. The summed E-state index contributed by atoms with van der Waals surface area (Å²) in [5.74, 6) is 0.612. The van der Waals surface area contributed by atoms with Gasteiger partial charge in [0.25, 0.3) is 0 Å². The maximum Gasteiger partial charge on any atom is 2.00 e. The number of hydrogen-bond acceptors (Lipinski definition) is 5. The summed E-state index contributed by atoms with van der Waals surface area (Å²) >= 11 is 5.53. The van der Waals surface area contributed by atoms with Crippen molar-refractivity contribution in [2.45, 2.75) is 5.88 Å². The molecule has 0 spiro atoms. The zero-order valence-corrected chi connectivity index (χ0v) is 12.1. The molecule has 0 aliphatic carbocycles. The summed E-state index contributed by atoms with van der Waals surface area (Å²) in [4.78, 5) is 18.5. The molecule has 16 heavy (non-hydrogen) atoms. The van der Waals surface area contributed by atoms with Crippen LogP contribution in [0.15, 0.2) is 30.3 Å². The number of halogens is 1. The Hall–Kier alpha value is 0.356. The Morgan fingerprint density at radius 1 is 1.12 bits per heavy atom. The molecule has 2 atom stereocenters. The van der Waals surface area contributed by atoms with E-state index in [0.717, 1.165) is 0 Å². The van der Waals surface area contributed by atoms with E-state index in [9.17, 15) is 18.9 Å². The van der Waals surface area contributed by atoms with Crippen molar-refractivity contribution >= 4 is 51.2 Å². The van der Waals surface area contributed by atoms with E-state index in [1.165, 1.54) is 5.56 Å². The van der Waals surface area contributed by atoms with Crippen LogP contribution in [0.5, 0.6) is 0 Å². The Morgan fingerprint density at radius 2 is 1.56 bits per heavy atom. The smallest absolute Gasteiger partial charge is 0.563 e. The number of rotatable bonds is 3. The fourth-order valence-electron chi connectivity index (χ4n) is 0.622. The Balaban J connectivity index is 0. The van der Waals surface area contributed by atoms with Gasteiger partial charge in [0.15, 0.2) is 0 Å². The first-order chi connectivity index (χ1) is 7.06. The molecule has 1 aromatic rings. The van der Waals surface area contributed by atoms with E-state index in [1.807, 2.05) is 30.3 Å². The second kappa shape index (κ2) is 11.8. The molecule has 2 unspecified atom stereocenters. The SMILES string of the molecule is ClCc1ccccc1.O=[P+]([O-])O[P+](=O)[O-].[Mg+2]. The monoisotopic (exact) mass is 292 g/mol. The third-order valence-electron chi connectivity index (χ3n) is 1.13. The van der Waals surface area contributed by atoms with Crippen LogP contribution in [-0.2, 0) is 19.3 Å². The van der Waals surface area contributed by atoms with Gasteiger partial charge in [-0.25, -0.2) is 0 Å². The molecule has 0 aromatic heterocycles. The van der Waals surface area contributed by atoms with Gasteiger partial charge in [0, 0.05) is 5.88 Å². The first kappa shape index (κ1) is 18.7. The standard InChI is InChI=1S/C7H7Cl.Mg.O5P2/c8-6-7-4-2-1-3-5-7;;1-6(2)5-7(3)4/h1-5H,6H2;;/q;+2;. The van der Waals surface area contributed by atoms with E-state index in [0.29, 0.717) is 5.88 Å². The molecule has 0 aliphatic rings. The fraction of sp³-hybridized carbons (Fsp3) is 0.143. The molecule has 0 radical (unpaired) electrons. The van der Waals surface area contributed by atoms with Crippen LogP contribution in [0.2, 0.25) is 0 Å². The molecule has 82 valence electrons. The van der Waals surface area contributed by atoms with Crippen LogP contribution in [0.25, 0.3) is 0 Å². The summed E-state index contributed by atoms with van der Waals surface area (Å²) in [6, 6.07) is 9.96. The Kier molecular flexibility index (Phi) is 13.8. The minimum atomic E-state index is -3.24. The molecule has 0 N–H and O–H groups in total. The van der Waals surface area contributed by atoms with Gasteiger partial charge in [0.1, 0.15) is 4.31 Å². The Morgan fingerprint density at radius 3 is 1.75 bits per heavy atom. The first-order valence-electron chi connectivity index (χ1n) is 3.63. The van der Waals surface area contributed by atoms with Crippen LogP contribution in [0.3, 0.4) is 0 Å². The van der Waals surface area contributed by atoms with E-state index in [2.05, 4.69) is 4.31 Å². The summed E-state index contributed by atoms with van der Waals surface area (Å²) in [7, 11) is -6.47. The molecule has 0 bridgehead atoms. The molecular weight excluding hydrogens is 286 g/mol. The predicted octanol–water partition coefficient (Wildman–Crippen LogP) is 1.08. The van der Waals surface area contributed by atoms with Crippen molar-refractivity contribution in [1.29, 1.82) is 0 Å². The maximum absolute atomic E-state index is 9.24. The molecule has 0 amide bonds. The molecule has 5 nitrogen and oxygen atoms in total. The van der Waals surface area contributed by atoms with Crippen LogP contribution >= 0.6 is 28.1 Å². The summed E-state index contributed by atoms with van der Waals surface area (Å²) < 4.78 is 21.6. The first-order valence-corrected chi connectivity index (χ1v) is 6.35. The van der Waals surface area contributed by atoms with Gasteiger partial charge in [-0.1, -0.05) is 30.3 Å². The van der Waals surface area contributed by atoms with E-state index in [1.54, 1.807) is 0 Å². The van der Waals surface area contributed by atoms with Crippen LogP contribution in [0.1, 0.15) is 5.56 Å². The van der Waals surface area contributed by atoms with E-state index in [4.69, 9.17) is 11.6 Å². The zero-order valence-electron chi connectivity index (χ0n) is 8.11. The van der Waals surface area contributed by atoms with Gasteiger partial charge in [-0.3, -0.25) is 0 Å². The molecule has 0 saturated carbocycles. The van der Waals surface area contributed by atoms with Gasteiger partial charge < -0.3 is 9.79 Å².